The van der Waals surface area contributed by atoms with E-state index in [1.54, 1.807) is 7.11 Å². The molecule has 0 saturated carbocycles. The predicted molar refractivity (Wildman–Crippen MR) is 77.1 cm³/mol. The summed E-state index contributed by atoms with van der Waals surface area (Å²) in [7, 11) is 1.63. The van der Waals surface area contributed by atoms with Crippen LogP contribution < -0.4 is 4.74 Å². The highest BCUT2D eigenvalue weighted by Gasteiger charge is 2.13. The van der Waals surface area contributed by atoms with Crippen molar-refractivity contribution in [3.05, 3.63) is 64.2 Å². The van der Waals surface area contributed by atoms with E-state index in [0.717, 1.165) is 28.0 Å². The molecule has 19 heavy (non-hydrogen) atoms. The first kappa shape index (κ1) is 13.3. The SMILES string of the molecule is COc1ccc(C(=O)c2cc(C)ccc2C)cc1C. The Morgan fingerprint density at radius 3 is 2.32 bits per heavy atom. The van der Waals surface area contributed by atoms with Gasteiger partial charge in [0.05, 0.1) is 7.11 Å². The summed E-state index contributed by atoms with van der Waals surface area (Å²) in [6.07, 6.45) is 0. The smallest absolute Gasteiger partial charge is 0.193 e. The third kappa shape index (κ3) is 2.68. The minimum absolute atomic E-state index is 0.0620. The topological polar surface area (TPSA) is 26.3 Å². The lowest BCUT2D eigenvalue weighted by atomic mass is 9.96. The molecule has 0 unspecified atom stereocenters. The number of ketones is 1. The van der Waals surface area contributed by atoms with Gasteiger partial charge in [0.1, 0.15) is 5.75 Å². The number of benzene rings is 2. The molecule has 98 valence electrons. The van der Waals surface area contributed by atoms with Crippen LogP contribution in [-0.4, -0.2) is 12.9 Å². The maximum absolute atomic E-state index is 12.5. The van der Waals surface area contributed by atoms with E-state index in [0.29, 0.717) is 5.56 Å². The van der Waals surface area contributed by atoms with Crippen molar-refractivity contribution in [3.8, 4) is 5.75 Å². The lowest BCUT2D eigenvalue weighted by Crippen LogP contribution is -2.05. The summed E-state index contributed by atoms with van der Waals surface area (Å²) in [6.45, 7) is 5.90. The highest BCUT2D eigenvalue weighted by Crippen LogP contribution is 2.22. The van der Waals surface area contributed by atoms with Gasteiger partial charge in [0.15, 0.2) is 5.78 Å². The lowest BCUT2D eigenvalue weighted by Gasteiger charge is -2.09. The van der Waals surface area contributed by atoms with Gasteiger partial charge in [-0.25, -0.2) is 0 Å². The van der Waals surface area contributed by atoms with Gasteiger partial charge < -0.3 is 4.74 Å². The molecular formula is C17H18O2. The van der Waals surface area contributed by atoms with Gasteiger partial charge >= 0.3 is 0 Å². The van der Waals surface area contributed by atoms with Gasteiger partial charge in [-0.05, 0) is 56.2 Å². The molecule has 0 aliphatic rings. The van der Waals surface area contributed by atoms with Crippen LogP contribution >= 0.6 is 0 Å². The van der Waals surface area contributed by atoms with E-state index in [9.17, 15) is 4.79 Å². The normalized spacial score (nSPS) is 10.3. The summed E-state index contributed by atoms with van der Waals surface area (Å²) in [6, 6.07) is 11.5. The largest absolute Gasteiger partial charge is 0.496 e. The van der Waals surface area contributed by atoms with Crippen molar-refractivity contribution in [2.75, 3.05) is 7.11 Å². The molecule has 0 amide bonds. The molecule has 0 bridgehead atoms. The number of ether oxygens (including phenoxy) is 1. The molecule has 2 rings (SSSR count). The molecule has 0 fully saturated rings. The van der Waals surface area contributed by atoms with Gasteiger partial charge in [0, 0.05) is 11.1 Å². The summed E-state index contributed by atoms with van der Waals surface area (Å²) in [4.78, 5) is 12.5. The van der Waals surface area contributed by atoms with E-state index in [1.165, 1.54) is 0 Å². The Morgan fingerprint density at radius 2 is 1.68 bits per heavy atom. The minimum Gasteiger partial charge on any atom is -0.496 e. The number of hydrogen-bond donors (Lipinski definition) is 0. The lowest BCUT2D eigenvalue weighted by molar-refractivity contribution is 0.103. The Labute approximate surface area is 114 Å². The van der Waals surface area contributed by atoms with Crippen molar-refractivity contribution in [3.63, 3.8) is 0 Å². The third-order valence-electron chi connectivity index (χ3n) is 3.29. The second-order valence-corrected chi connectivity index (χ2v) is 4.83. The maximum atomic E-state index is 12.5. The van der Waals surface area contributed by atoms with Gasteiger partial charge in [0.2, 0.25) is 0 Å². The first-order valence-corrected chi connectivity index (χ1v) is 6.29. The zero-order valence-electron chi connectivity index (χ0n) is 11.8. The van der Waals surface area contributed by atoms with Crippen LogP contribution in [-0.2, 0) is 0 Å². The van der Waals surface area contributed by atoms with E-state index in [1.807, 2.05) is 57.2 Å². The first-order chi connectivity index (χ1) is 9.02. The van der Waals surface area contributed by atoms with Crippen LogP contribution in [0, 0.1) is 20.8 Å². The fraction of sp³-hybridized carbons (Fsp3) is 0.235. The molecule has 0 atom stereocenters. The van der Waals surface area contributed by atoms with E-state index in [-0.39, 0.29) is 5.78 Å². The van der Waals surface area contributed by atoms with E-state index < -0.39 is 0 Å². The second kappa shape index (κ2) is 5.27. The van der Waals surface area contributed by atoms with Crippen LogP contribution in [0.25, 0.3) is 0 Å². The fourth-order valence-electron chi connectivity index (χ4n) is 2.16. The summed E-state index contributed by atoms with van der Waals surface area (Å²) in [5.41, 5.74) is 4.54. The molecule has 2 nitrogen and oxygen atoms in total. The Hall–Kier alpha value is -2.09. The average Bonchev–Trinajstić information content (AvgIpc) is 2.40. The Morgan fingerprint density at radius 1 is 0.947 bits per heavy atom. The van der Waals surface area contributed by atoms with Crippen molar-refractivity contribution < 1.29 is 9.53 Å². The monoisotopic (exact) mass is 254 g/mol. The highest BCUT2D eigenvalue weighted by molar-refractivity contribution is 6.10. The number of rotatable bonds is 3. The number of aryl methyl sites for hydroxylation is 3. The van der Waals surface area contributed by atoms with Gasteiger partial charge in [-0.2, -0.15) is 0 Å². The molecule has 0 heterocycles. The van der Waals surface area contributed by atoms with Gasteiger partial charge in [-0.3, -0.25) is 4.79 Å². The molecule has 0 N–H and O–H groups in total. The minimum atomic E-state index is 0.0620. The standard InChI is InChI=1S/C17H18O2/c1-11-5-6-12(2)15(9-11)17(18)14-7-8-16(19-4)13(3)10-14/h5-10H,1-4H3. The molecule has 0 spiro atoms. The Bertz CT molecular complexity index is 627. The molecule has 2 aromatic carbocycles. The van der Waals surface area contributed by atoms with Crippen molar-refractivity contribution in [1.82, 2.24) is 0 Å². The molecule has 0 aromatic heterocycles. The number of carbonyl (C=O) groups is 1. The van der Waals surface area contributed by atoms with E-state index >= 15 is 0 Å². The number of hydrogen-bond acceptors (Lipinski definition) is 2. The maximum Gasteiger partial charge on any atom is 0.193 e. The zero-order valence-corrected chi connectivity index (χ0v) is 11.8. The van der Waals surface area contributed by atoms with Crippen molar-refractivity contribution >= 4 is 5.78 Å². The highest BCUT2D eigenvalue weighted by atomic mass is 16.5. The number of methoxy groups -OCH3 is 1. The van der Waals surface area contributed by atoms with E-state index in [4.69, 9.17) is 4.74 Å². The van der Waals surface area contributed by atoms with Crippen LogP contribution in [0.5, 0.6) is 5.75 Å². The number of carbonyl (C=O) groups excluding carboxylic acids is 1. The average molecular weight is 254 g/mol. The van der Waals surface area contributed by atoms with Crippen molar-refractivity contribution in [2.24, 2.45) is 0 Å². The molecule has 2 aromatic rings. The zero-order chi connectivity index (χ0) is 14.0. The van der Waals surface area contributed by atoms with Crippen LogP contribution in [0.4, 0.5) is 0 Å². The summed E-state index contributed by atoms with van der Waals surface area (Å²) in [5, 5.41) is 0. The quantitative estimate of drug-likeness (QED) is 0.778. The molecule has 0 aliphatic heterocycles. The van der Waals surface area contributed by atoms with Gasteiger partial charge in [-0.15, -0.1) is 0 Å². The van der Waals surface area contributed by atoms with Gasteiger partial charge in [0.25, 0.3) is 0 Å². The first-order valence-electron chi connectivity index (χ1n) is 6.29. The molecule has 2 heteroatoms. The van der Waals surface area contributed by atoms with Crippen LogP contribution in [0.3, 0.4) is 0 Å². The Kier molecular flexibility index (Phi) is 3.70. The van der Waals surface area contributed by atoms with Crippen molar-refractivity contribution in [1.29, 1.82) is 0 Å². The van der Waals surface area contributed by atoms with Crippen LogP contribution in [0.15, 0.2) is 36.4 Å². The van der Waals surface area contributed by atoms with E-state index in [2.05, 4.69) is 0 Å². The third-order valence-corrected chi connectivity index (χ3v) is 3.29. The molecule has 0 aliphatic carbocycles. The van der Waals surface area contributed by atoms with Crippen LogP contribution in [0.1, 0.15) is 32.6 Å². The second-order valence-electron chi connectivity index (χ2n) is 4.83. The van der Waals surface area contributed by atoms with Gasteiger partial charge in [-0.1, -0.05) is 17.7 Å². The van der Waals surface area contributed by atoms with Crippen LogP contribution in [0.2, 0.25) is 0 Å². The molecule has 0 saturated heterocycles. The summed E-state index contributed by atoms with van der Waals surface area (Å²) in [5.74, 6) is 0.865. The van der Waals surface area contributed by atoms with Crippen molar-refractivity contribution in [2.45, 2.75) is 20.8 Å². The molecular weight excluding hydrogens is 236 g/mol. The molecule has 0 radical (unpaired) electrons. The Balaban J connectivity index is 2.44. The predicted octanol–water partition coefficient (Wildman–Crippen LogP) is 3.85. The summed E-state index contributed by atoms with van der Waals surface area (Å²) >= 11 is 0. The summed E-state index contributed by atoms with van der Waals surface area (Å²) < 4.78 is 5.22. The fourth-order valence-corrected chi connectivity index (χ4v) is 2.16.